The zero-order chi connectivity index (χ0) is 14.5. The Kier molecular flexibility index (Phi) is 4.82. The molecule has 0 radical (unpaired) electrons. The third-order valence-corrected chi connectivity index (χ3v) is 3.48. The fourth-order valence-corrected chi connectivity index (χ4v) is 2.22. The predicted molar refractivity (Wildman–Crippen MR) is 79.7 cm³/mol. The van der Waals surface area contributed by atoms with Gasteiger partial charge in [-0.1, -0.05) is 12.1 Å². The fourth-order valence-electron chi connectivity index (χ4n) is 2.22. The van der Waals surface area contributed by atoms with Crippen molar-refractivity contribution in [3.05, 3.63) is 54.0 Å². The molecule has 0 saturated carbocycles. The SMILES string of the molecule is CC(NCC(c1ccco1)N(C)C)c1cccc(O)c1. The second kappa shape index (κ2) is 6.59. The second-order valence-corrected chi connectivity index (χ2v) is 5.22. The number of furan rings is 1. The number of nitrogens with one attached hydrogen (secondary N) is 1. The molecule has 0 spiro atoms. The fraction of sp³-hybridized carbons (Fsp3) is 0.375. The van der Waals surface area contributed by atoms with Crippen molar-refractivity contribution in [2.75, 3.05) is 20.6 Å². The first-order valence-corrected chi connectivity index (χ1v) is 6.80. The minimum absolute atomic E-state index is 0.166. The van der Waals surface area contributed by atoms with Gasteiger partial charge < -0.3 is 14.8 Å². The quantitative estimate of drug-likeness (QED) is 0.850. The third-order valence-electron chi connectivity index (χ3n) is 3.48. The summed E-state index contributed by atoms with van der Waals surface area (Å²) in [4.78, 5) is 2.13. The normalized spacial score (nSPS) is 14.4. The van der Waals surface area contributed by atoms with Crippen LogP contribution in [0.1, 0.15) is 30.3 Å². The van der Waals surface area contributed by atoms with Gasteiger partial charge in [0.15, 0.2) is 0 Å². The van der Waals surface area contributed by atoms with Gasteiger partial charge in [-0.15, -0.1) is 0 Å². The smallest absolute Gasteiger partial charge is 0.122 e. The zero-order valence-corrected chi connectivity index (χ0v) is 12.2. The summed E-state index contributed by atoms with van der Waals surface area (Å²) in [5, 5.41) is 13.0. The Hall–Kier alpha value is -1.78. The van der Waals surface area contributed by atoms with Gasteiger partial charge in [0, 0.05) is 12.6 Å². The average molecular weight is 274 g/mol. The molecule has 2 N–H and O–H groups in total. The van der Waals surface area contributed by atoms with Crippen LogP contribution in [0.3, 0.4) is 0 Å². The van der Waals surface area contributed by atoms with Crippen LogP contribution in [0, 0.1) is 0 Å². The van der Waals surface area contributed by atoms with Crippen molar-refractivity contribution in [2.45, 2.75) is 19.0 Å². The van der Waals surface area contributed by atoms with E-state index in [1.807, 2.05) is 38.4 Å². The van der Waals surface area contributed by atoms with Gasteiger partial charge in [0.25, 0.3) is 0 Å². The van der Waals surface area contributed by atoms with Crippen molar-refractivity contribution in [1.82, 2.24) is 10.2 Å². The second-order valence-electron chi connectivity index (χ2n) is 5.22. The number of hydrogen-bond acceptors (Lipinski definition) is 4. The van der Waals surface area contributed by atoms with E-state index in [2.05, 4.69) is 17.1 Å². The molecule has 0 aliphatic carbocycles. The maximum Gasteiger partial charge on any atom is 0.122 e. The third kappa shape index (κ3) is 3.62. The molecule has 0 aliphatic rings. The van der Waals surface area contributed by atoms with Gasteiger partial charge in [0.2, 0.25) is 0 Å². The number of phenols is 1. The van der Waals surface area contributed by atoms with Crippen LogP contribution in [-0.4, -0.2) is 30.6 Å². The van der Waals surface area contributed by atoms with Crippen molar-refractivity contribution in [3.8, 4) is 5.75 Å². The molecule has 0 fully saturated rings. The molecule has 2 atom stereocenters. The summed E-state index contributed by atoms with van der Waals surface area (Å²) in [7, 11) is 4.07. The average Bonchev–Trinajstić information content (AvgIpc) is 2.92. The van der Waals surface area contributed by atoms with Crippen molar-refractivity contribution in [2.24, 2.45) is 0 Å². The van der Waals surface area contributed by atoms with E-state index in [1.165, 1.54) is 0 Å². The monoisotopic (exact) mass is 274 g/mol. The van der Waals surface area contributed by atoms with Crippen LogP contribution in [0.15, 0.2) is 47.1 Å². The van der Waals surface area contributed by atoms with E-state index in [-0.39, 0.29) is 12.1 Å². The van der Waals surface area contributed by atoms with Gasteiger partial charge in [0.1, 0.15) is 11.5 Å². The van der Waals surface area contributed by atoms with Crippen molar-refractivity contribution >= 4 is 0 Å². The number of likely N-dealkylation sites (N-methyl/N-ethyl adjacent to an activating group) is 1. The highest BCUT2D eigenvalue weighted by Crippen LogP contribution is 2.21. The Morgan fingerprint density at radius 3 is 2.65 bits per heavy atom. The van der Waals surface area contributed by atoms with Gasteiger partial charge in [-0.3, -0.25) is 4.90 Å². The molecular formula is C16H22N2O2. The molecule has 2 aromatic rings. The van der Waals surface area contributed by atoms with E-state index in [4.69, 9.17) is 4.42 Å². The van der Waals surface area contributed by atoms with Crippen LogP contribution in [0.5, 0.6) is 5.75 Å². The summed E-state index contributed by atoms with van der Waals surface area (Å²) >= 11 is 0. The molecule has 2 rings (SSSR count). The standard InChI is InChI=1S/C16H22N2O2/c1-12(13-6-4-7-14(19)10-13)17-11-15(18(2)3)16-8-5-9-20-16/h4-10,12,15,17,19H,11H2,1-3H3. The molecular weight excluding hydrogens is 252 g/mol. The van der Waals surface area contributed by atoms with E-state index in [0.29, 0.717) is 5.75 Å². The summed E-state index contributed by atoms with van der Waals surface area (Å²) in [6, 6.07) is 11.6. The lowest BCUT2D eigenvalue weighted by Gasteiger charge is -2.25. The molecule has 4 nitrogen and oxygen atoms in total. The molecule has 0 aliphatic heterocycles. The Morgan fingerprint density at radius 1 is 1.25 bits per heavy atom. The first-order valence-electron chi connectivity index (χ1n) is 6.80. The summed E-state index contributed by atoms with van der Waals surface area (Å²) < 4.78 is 5.49. The minimum Gasteiger partial charge on any atom is -0.508 e. The molecule has 1 heterocycles. The summed E-state index contributed by atoms with van der Waals surface area (Å²) in [6.07, 6.45) is 1.70. The Balaban J connectivity index is 1.99. The summed E-state index contributed by atoms with van der Waals surface area (Å²) in [5.41, 5.74) is 1.07. The van der Waals surface area contributed by atoms with Crippen LogP contribution in [0.25, 0.3) is 0 Å². The number of phenolic OH excluding ortho intramolecular Hbond substituents is 1. The molecule has 108 valence electrons. The first kappa shape index (κ1) is 14.6. The molecule has 20 heavy (non-hydrogen) atoms. The van der Waals surface area contributed by atoms with Crippen molar-refractivity contribution in [1.29, 1.82) is 0 Å². The number of rotatable bonds is 6. The van der Waals surface area contributed by atoms with Gasteiger partial charge in [0.05, 0.1) is 12.3 Å². The first-order chi connectivity index (χ1) is 9.58. The van der Waals surface area contributed by atoms with Crippen molar-refractivity contribution < 1.29 is 9.52 Å². The summed E-state index contributed by atoms with van der Waals surface area (Å²) in [5.74, 6) is 1.25. The van der Waals surface area contributed by atoms with E-state index >= 15 is 0 Å². The molecule has 0 amide bonds. The maximum absolute atomic E-state index is 9.53. The molecule has 1 aromatic carbocycles. The molecule has 1 aromatic heterocycles. The highest BCUT2D eigenvalue weighted by Gasteiger charge is 2.18. The van der Waals surface area contributed by atoms with E-state index in [0.717, 1.165) is 17.9 Å². The van der Waals surface area contributed by atoms with Crippen LogP contribution >= 0.6 is 0 Å². The molecule has 0 bridgehead atoms. The zero-order valence-electron chi connectivity index (χ0n) is 12.2. The van der Waals surface area contributed by atoms with Crippen LogP contribution in [-0.2, 0) is 0 Å². The Labute approximate surface area is 120 Å². The van der Waals surface area contributed by atoms with Gasteiger partial charge >= 0.3 is 0 Å². The molecule has 4 heteroatoms. The highest BCUT2D eigenvalue weighted by atomic mass is 16.3. The Bertz CT molecular complexity index is 523. The molecule has 2 unspecified atom stereocenters. The van der Waals surface area contributed by atoms with Crippen LogP contribution in [0.4, 0.5) is 0 Å². The maximum atomic E-state index is 9.53. The van der Waals surface area contributed by atoms with E-state index in [9.17, 15) is 5.11 Å². The van der Waals surface area contributed by atoms with Gasteiger partial charge in [-0.2, -0.15) is 0 Å². The largest absolute Gasteiger partial charge is 0.508 e. The predicted octanol–water partition coefficient (Wildman–Crippen LogP) is 2.94. The van der Waals surface area contributed by atoms with Crippen LogP contribution < -0.4 is 5.32 Å². The molecule has 0 saturated heterocycles. The number of hydrogen-bond donors (Lipinski definition) is 2. The summed E-state index contributed by atoms with van der Waals surface area (Å²) in [6.45, 7) is 2.86. The topological polar surface area (TPSA) is 48.6 Å². The van der Waals surface area contributed by atoms with E-state index < -0.39 is 0 Å². The van der Waals surface area contributed by atoms with Crippen molar-refractivity contribution in [3.63, 3.8) is 0 Å². The Morgan fingerprint density at radius 2 is 2.05 bits per heavy atom. The lowest BCUT2D eigenvalue weighted by molar-refractivity contribution is 0.245. The van der Waals surface area contributed by atoms with Gasteiger partial charge in [-0.05, 0) is 50.8 Å². The number of benzene rings is 1. The van der Waals surface area contributed by atoms with E-state index in [1.54, 1.807) is 18.4 Å². The lowest BCUT2D eigenvalue weighted by atomic mass is 10.1. The van der Waals surface area contributed by atoms with Crippen LogP contribution in [0.2, 0.25) is 0 Å². The van der Waals surface area contributed by atoms with Gasteiger partial charge in [-0.25, -0.2) is 0 Å². The number of nitrogens with zero attached hydrogens (tertiary/aromatic N) is 1. The highest BCUT2D eigenvalue weighted by molar-refractivity contribution is 5.29. The lowest BCUT2D eigenvalue weighted by Crippen LogP contribution is -2.32. The minimum atomic E-state index is 0.166. The number of aromatic hydroxyl groups is 1.